The van der Waals surface area contributed by atoms with Gasteiger partial charge in [-0.1, -0.05) is 30.3 Å². The number of nitrogens with two attached hydrogens (primary N) is 2. The van der Waals surface area contributed by atoms with Gasteiger partial charge in [0.2, 0.25) is 0 Å². The number of anilines is 1. The molecule has 0 unspecified atom stereocenters. The van der Waals surface area contributed by atoms with Crippen molar-refractivity contribution in [3.63, 3.8) is 0 Å². The molecule has 5 N–H and O–H groups in total. The Bertz CT molecular complexity index is 714. The maximum Gasteiger partial charge on any atom is 0.338 e. The maximum absolute atomic E-state index is 11.5. The van der Waals surface area contributed by atoms with E-state index in [1.807, 2.05) is 18.2 Å². The van der Waals surface area contributed by atoms with E-state index in [2.05, 4.69) is 24.0 Å². The lowest BCUT2D eigenvalue weighted by Gasteiger charge is -2.39. The van der Waals surface area contributed by atoms with E-state index in [9.17, 15) is 9.90 Å². The average molecular weight is 331 g/mol. The van der Waals surface area contributed by atoms with Gasteiger partial charge in [0.05, 0.1) is 5.56 Å². The Labute approximate surface area is 139 Å². The molecule has 0 aliphatic carbocycles. The van der Waals surface area contributed by atoms with Crippen molar-refractivity contribution >= 4 is 22.3 Å². The van der Waals surface area contributed by atoms with Gasteiger partial charge in [0, 0.05) is 30.1 Å². The minimum absolute atomic E-state index is 0.116. The first-order chi connectivity index (χ1) is 11.0. The Balaban J connectivity index is 1.95. The van der Waals surface area contributed by atoms with E-state index < -0.39 is 5.97 Å². The quantitative estimate of drug-likeness (QED) is 0.800. The van der Waals surface area contributed by atoms with E-state index in [-0.39, 0.29) is 17.6 Å². The summed E-state index contributed by atoms with van der Waals surface area (Å²) < 4.78 is 0. The Morgan fingerprint density at radius 2 is 2.13 bits per heavy atom. The fourth-order valence-electron chi connectivity index (χ4n) is 3.35. The molecule has 0 saturated carbocycles. The number of nitrogens with zero attached hydrogens (tertiary/aromatic N) is 1. The van der Waals surface area contributed by atoms with Crippen molar-refractivity contribution in [1.29, 1.82) is 0 Å². The Kier molecular flexibility index (Phi) is 4.39. The van der Waals surface area contributed by atoms with Crippen molar-refractivity contribution in [3.8, 4) is 0 Å². The molecule has 0 bridgehead atoms. The molecule has 1 aromatic heterocycles. The molecule has 5 nitrogen and oxygen atoms in total. The predicted molar refractivity (Wildman–Crippen MR) is 92.6 cm³/mol. The largest absolute Gasteiger partial charge is 0.478 e. The summed E-state index contributed by atoms with van der Waals surface area (Å²) in [6.07, 6.45) is 0.637. The van der Waals surface area contributed by atoms with Gasteiger partial charge in [-0.05, 0) is 24.5 Å². The van der Waals surface area contributed by atoms with Gasteiger partial charge in [-0.3, -0.25) is 4.90 Å². The zero-order valence-corrected chi connectivity index (χ0v) is 13.8. The molecule has 6 heteroatoms. The second kappa shape index (κ2) is 6.31. The number of hydrogen-bond donors (Lipinski definition) is 3. The van der Waals surface area contributed by atoms with E-state index in [1.165, 1.54) is 16.9 Å². The number of fused-ring (bicyclic) bond motifs is 1. The Hall–Kier alpha value is -1.89. The summed E-state index contributed by atoms with van der Waals surface area (Å²) in [5, 5.41) is 9.80. The van der Waals surface area contributed by atoms with Gasteiger partial charge >= 0.3 is 5.97 Å². The molecule has 0 spiro atoms. The second-order valence-electron chi connectivity index (χ2n) is 5.90. The second-order valence-corrected chi connectivity index (χ2v) is 7.04. The summed E-state index contributed by atoms with van der Waals surface area (Å²) in [4.78, 5) is 14.9. The van der Waals surface area contributed by atoms with E-state index in [1.54, 1.807) is 0 Å². The van der Waals surface area contributed by atoms with Crippen LogP contribution in [0, 0.1) is 0 Å². The number of hydrogen-bond acceptors (Lipinski definition) is 5. The highest BCUT2D eigenvalue weighted by Gasteiger charge is 2.34. The van der Waals surface area contributed by atoms with Crippen LogP contribution in [0.5, 0.6) is 0 Å². The number of carboxylic acids is 1. The van der Waals surface area contributed by atoms with Crippen molar-refractivity contribution in [1.82, 2.24) is 4.90 Å². The monoisotopic (exact) mass is 331 g/mol. The van der Waals surface area contributed by atoms with Crippen LogP contribution in [0.1, 0.15) is 39.3 Å². The molecular formula is C17H21N3O2S. The van der Waals surface area contributed by atoms with Gasteiger partial charge in [-0.2, -0.15) is 0 Å². The van der Waals surface area contributed by atoms with Crippen LogP contribution in [0.4, 0.5) is 5.00 Å². The van der Waals surface area contributed by atoms with Crippen molar-refractivity contribution in [2.45, 2.75) is 32.0 Å². The number of nitrogen functional groups attached to an aromatic ring is 1. The lowest BCUT2D eigenvalue weighted by Crippen LogP contribution is -2.45. The third kappa shape index (κ3) is 2.85. The number of carboxylic acid groups (broad SMARTS) is 1. The standard InChI is InChI=1S/C17H21N3O2S/c1-10(11-5-3-2-4-6-11)20-9-14-13(7-12(20)8-18)15(17(21)22)16(19)23-14/h2-6,10,12H,7-9,18-19H2,1H3,(H,21,22)/t10-,12-/m0/s1. The van der Waals surface area contributed by atoms with Gasteiger partial charge < -0.3 is 16.6 Å². The summed E-state index contributed by atoms with van der Waals surface area (Å²) in [5.41, 5.74) is 14.3. The molecule has 2 aromatic rings. The molecule has 2 heterocycles. The number of aromatic carboxylic acids is 1. The minimum atomic E-state index is -0.944. The predicted octanol–water partition coefficient (Wildman–Crippen LogP) is 2.48. The molecule has 1 aromatic carbocycles. The van der Waals surface area contributed by atoms with Crippen molar-refractivity contribution in [2.75, 3.05) is 12.3 Å². The van der Waals surface area contributed by atoms with E-state index in [0.29, 0.717) is 24.5 Å². The summed E-state index contributed by atoms with van der Waals surface area (Å²) in [7, 11) is 0. The zero-order chi connectivity index (χ0) is 16.6. The van der Waals surface area contributed by atoms with Crippen LogP contribution in [0.15, 0.2) is 30.3 Å². The maximum atomic E-state index is 11.5. The third-order valence-corrected chi connectivity index (χ3v) is 5.66. The minimum Gasteiger partial charge on any atom is -0.478 e. The lowest BCUT2D eigenvalue weighted by molar-refractivity contribution is 0.0694. The first-order valence-electron chi connectivity index (χ1n) is 7.67. The van der Waals surface area contributed by atoms with Crippen LogP contribution in [-0.4, -0.2) is 28.6 Å². The number of thiophene rings is 1. The van der Waals surface area contributed by atoms with Gasteiger partial charge in [-0.25, -0.2) is 4.79 Å². The van der Waals surface area contributed by atoms with E-state index >= 15 is 0 Å². The summed E-state index contributed by atoms with van der Waals surface area (Å²) in [6.45, 7) is 3.35. The molecule has 0 amide bonds. The molecule has 23 heavy (non-hydrogen) atoms. The molecule has 0 radical (unpaired) electrons. The van der Waals surface area contributed by atoms with Crippen LogP contribution in [0.3, 0.4) is 0 Å². The molecular weight excluding hydrogens is 310 g/mol. The fourth-order valence-corrected chi connectivity index (χ4v) is 4.45. The van der Waals surface area contributed by atoms with Gasteiger partial charge in [-0.15, -0.1) is 11.3 Å². The fraction of sp³-hybridized carbons (Fsp3) is 0.353. The normalized spacial score (nSPS) is 19.3. The first kappa shape index (κ1) is 16.0. The van der Waals surface area contributed by atoms with E-state index in [0.717, 1.165) is 10.4 Å². The summed E-state index contributed by atoms with van der Waals surface area (Å²) in [6, 6.07) is 10.6. The molecule has 2 atom stereocenters. The summed E-state index contributed by atoms with van der Waals surface area (Å²) >= 11 is 1.39. The first-order valence-corrected chi connectivity index (χ1v) is 8.48. The molecule has 1 aliphatic rings. The Morgan fingerprint density at radius 1 is 1.43 bits per heavy atom. The van der Waals surface area contributed by atoms with Crippen molar-refractivity contribution in [3.05, 3.63) is 51.9 Å². The molecule has 0 fully saturated rings. The zero-order valence-electron chi connectivity index (χ0n) is 13.0. The third-order valence-electron chi connectivity index (χ3n) is 4.62. The smallest absolute Gasteiger partial charge is 0.338 e. The number of benzene rings is 1. The van der Waals surface area contributed by atoms with Crippen molar-refractivity contribution in [2.24, 2.45) is 5.73 Å². The number of rotatable bonds is 4. The van der Waals surface area contributed by atoms with Gasteiger partial charge in [0.1, 0.15) is 5.00 Å². The van der Waals surface area contributed by atoms with Gasteiger partial charge in [0.25, 0.3) is 0 Å². The SMILES string of the molecule is C[C@@H](c1ccccc1)N1Cc2sc(N)c(C(=O)O)c2C[C@H]1CN. The molecule has 0 saturated heterocycles. The lowest BCUT2D eigenvalue weighted by atomic mass is 9.93. The van der Waals surface area contributed by atoms with Crippen molar-refractivity contribution < 1.29 is 9.90 Å². The topological polar surface area (TPSA) is 92.6 Å². The Morgan fingerprint density at radius 3 is 2.74 bits per heavy atom. The molecule has 1 aliphatic heterocycles. The molecule has 122 valence electrons. The van der Waals surface area contributed by atoms with E-state index in [4.69, 9.17) is 11.5 Å². The highest BCUT2D eigenvalue weighted by molar-refractivity contribution is 7.16. The average Bonchev–Trinajstić information content (AvgIpc) is 2.88. The van der Waals surface area contributed by atoms with Crippen LogP contribution in [-0.2, 0) is 13.0 Å². The highest BCUT2D eigenvalue weighted by Crippen LogP contribution is 2.39. The van der Waals surface area contributed by atoms with Crippen LogP contribution < -0.4 is 11.5 Å². The summed E-state index contributed by atoms with van der Waals surface area (Å²) in [5.74, 6) is -0.944. The van der Waals surface area contributed by atoms with Crippen LogP contribution in [0.2, 0.25) is 0 Å². The highest BCUT2D eigenvalue weighted by atomic mass is 32.1. The molecule has 3 rings (SSSR count). The van der Waals surface area contributed by atoms with Crippen LogP contribution in [0.25, 0.3) is 0 Å². The number of carbonyl (C=O) groups is 1. The van der Waals surface area contributed by atoms with Gasteiger partial charge in [0.15, 0.2) is 0 Å². The van der Waals surface area contributed by atoms with Crippen LogP contribution >= 0.6 is 11.3 Å².